The van der Waals surface area contributed by atoms with Crippen LogP contribution in [0.25, 0.3) is 0 Å². The van der Waals surface area contributed by atoms with Crippen molar-refractivity contribution in [1.82, 2.24) is 4.90 Å². The summed E-state index contributed by atoms with van der Waals surface area (Å²) in [5, 5.41) is 13.1. The Morgan fingerprint density at radius 3 is 2.58 bits per heavy atom. The minimum Gasteiger partial charge on any atom is -0.386 e. The molecule has 0 saturated carbocycles. The van der Waals surface area contributed by atoms with Crippen molar-refractivity contribution < 1.29 is 23.1 Å². The summed E-state index contributed by atoms with van der Waals surface area (Å²) in [5.74, 6) is -2.51. The van der Waals surface area contributed by atoms with Crippen molar-refractivity contribution in [3.8, 4) is 0 Å². The van der Waals surface area contributed by atoms with Gasteiger partial charge < -0.3 is 15.3 Å². The average molecular weight is 564 g/mol. The molecule has 0 aliphatic carbocycles. The Balaban J connectivity index is 1.71. The standard InChI is InChI=1S/C22H24F3IN2O2S/c1-31-10-4-2-3-9-22(30)12-28(13-22)21(29)15-6-7-16(23)19(25)20(15)27-18-8-5-14(26)11-17(18)24/h5-8,11,27,30H,2-4,9-10,12-13H2,1H3. The molecule has 0 radical (unpaired) electrons. The molecule has 1 aliphatic heterocycles. The second-order valence-corrected chi connectivity index (χ2v) is 9.95. The highest BCUT2D eigenvalue weighted by Crippen LogP contribution is 2.33. The van der Waals surface area contributed by atoms with Gasteiger partial charge in [0, 0.05) is 3.57 Å². The van der Waals surface area contributed by atoms with Crippen LogP contribution in [-0.2, 0) is 0 Å². The van der Waals surface area contributed by atoms with E-state index in [1.165, 1.54) is 23.1 Å². The number of anilines is 2. The van der Waals surface area contributed by atoms with Crippen LogP contribution in [-0.4, -0.2) is 46.6 Å². The van der Waals surface area contributed by atoms with Gasteiger partial charge in [-0.25, -0.2) is 13.2 Å². The number of carbonyl (C=O) groups excluding carboxylic acids is 1. The lowest BCUT2D eigenvalue weighted by molar-refractivity contribution is -0.0868. The van der Waals surface area contributed by atoms with Crippen molar-refractivity contribution in [1.29, 1.82) is 0 Å². The van der Waals surface area contributed by atoms with Crippen LogP contribution in [0.3, 0.4) is 0 Å². The number of nitrogens with one attached hydrogen (secondary N) is 1. The van der Waals surface area contributed by atoms with E-state index in [-0.39, 0.29) is 24.3 Å². The van der Waals surface area contributed by atoms with E-state index in [9.17, 15) is 23.1 Å². The predicted octanol–water partition coefficient (Wildman–Crippen LogP) is 5.56. The third-order valence-electron chi connectivity index (χ3n) is 5.26. The Hall–Kier alpha value is -1.46. The fourth-order valence-electron chi connectivity index (χ4n) is 3.59. The number of thioether (sulfide) groups is 1. The first-order valence-electron chi connectivity index (χ1n) is 9.95. The molecule has 9 heteroatoms. The number of aliphatic hydroxyl groups is 1. The zero-order chi connectivity index (χ0) is 22.6. The Labute approximate surface area is 197 Å². The average Bonchev–Trinajstić information content (AvgIpc) is 2.70. The molecule has 0 spiro atoms. The quantitative estimate of drug-likeness (QED) is 0.310. The van der Waals surface area contributed by atoms with Crippen molar-refractivity contribution in [3.63, 3.8) is 0 Å². The molecule has 2 aromatic carbocycles. The molecule has 0 aromatic heterocycles. The number of carbonyl (C=O) groups is 1. The number of amides is 1. The smallest absolute Gasteiger partial charge is 0.256 e. The molecule has 1 saturated heterocycles. The molecule has 0 bridgehead atoms. The zero-order valence-corrected chi connectivity index (χ0v) is 20.0. The molecule has 31 heavy (non-hydrogen) atoms. The van der Waals surface area contributed by atoms with Gasteiger partial charge >= 0.3 is 0 Å². The number of benzene rings is 2. The fraction of sp³-hybridized carbons (Fsp3) is 0.409. The summed E-state index contributed by atoms with van der Waals surface area (Å²) >= 11 is 3.72. The van der Waals surface area contributed by atoms with Crippen LogP contribution in [0.2, 0.25) is 0 Å². The van der Waals surface area contributed by atoms with E-state index in [0.29, 0.717) is 9.99 Å². The van der Waals surface area contributed by atoms with Gasteiger partial charge in [-0.1, -0.05) is 12.8 Å². The number of hydrogen-bond donors (Lipinski definition) is 2. The van der Waals surface area contributed by atoms with Crippen LogP contribution >= 0.6 is 34.4 Å². The van der Waals surface area contributed by atoms with Crippen molar-refractivity contribution in [2.45, 2.75) is 31.3 Å². The lowest BCUT2D eigenvalue weighted by Gasteiger charge is -2.46. The molecule has 168 valence electrons. The molecule has 3 rings (SSSR count). The van der Waals surface area contributed by atoms with E-state index in [4.69, 9.17) is 0 Å². The number of likely N-dealkylation sites (tertiary alicyclic amines) is 1. The van der Waals surface area contributed by atoms with Gasteiger partial charge in [-0.3, -0.25) is 4.79 Å². The van der Waals surface area contributed by atoms with Gasteiger partial charge in [0.25, 0.3) is 5.91 Å². The number of halogens is 4. The van der Waals surface area contributed by atoms with Crippen LogP contribution < -0.4 is 5.32 Å². The monoisotopic (exact) mass is 564 g/mol. The second-order valence-electron chi connectivity index (χ2n) is 7.72. The largest absolute Gasteiger partial charge is 0.386 e. The van der Waals surface area contributed by atoms with E-state index in [1.807, 2.05) is 22.6 Å². The van der Waals surface area contributed by atoms with Gasteiger partial charge in [-0.05, 0) is 77.8 Å². The summed E-state index contributed by atoms with van der Waals surface area (Å²) in [7, 11) is 0. The minimum absolute atomic E-state index is 0.0654. The van der Waals surface area contributed by atoms with Crippen LogP contribution in [0.1, 0.15) is 36.0 Å². The Morgan fingerprint density at radius 1 is 1.16 bits per heavy atom. The second kappa shape index (κ2) is 10.4. The summed E-state index contributed by atoms with van der Waals surface area (Å²) in [6, 6.07) is 6.30. The third-order valence-corrected chi connectivity index (χ3v) is 6.63. The minimum atomic E-state index is -1.26. The lowest BCUT2D eigenvalue weighted by Crippen LogP contribution is -2.63. The molecular formula is C22H24F3IN2O2S. The SMILES string of the molecule is CSCCCCCC1(O)CN(C(=O)c2ccc(F)c(F)c2Nc2ccc(I)cc2F)C1. The van der Waals surface area contributed by atoms with E-state index in [1.54, 1.807) is 17.8 Å². The van der Waals surface area contributed by atoms with E-state index in [2.05, 4.69) is 11.6 Å². The normalized spacial score (nSPS) is 15.0. The third kappa shape index (κ3) is 5.87. The maximum Gasteiger partial charge on any atom is 0.256 e. The zero-order valence-electron chi connectivity index (χ0n) is 17.1. The van der Waals surface area contributed by atoms with Gasteiger partial charge in [-0.15, -0.1) is 0 Å². The van der Waals surface area contributed by atoms with Crippen molar-refractivity contribution >= 4 is 51.6 Å². The highest BCUT2D eigenvalue weighted by atomic mass is 127. The Morgan fingerprint density at radius 2 is 1.90 bits per heavy atom. The van der Waals surface area contributed by atoms with Gasteiger partial charge in [-0.2, -0.15) is 11.8 Å². The lowest BCUT2D eigenvalue weighted by atomic mass is 9.87. The first kappa shape index (κ1) is 24.2. The van der Waals surface area contributed by atoms with E-state index < -0.39 is 34.6 Å². The van der Waals surface area contributed by atoms with Crippen molar-refractivity contribution in [3.05, 3.63) is 56.9 Å². The molecule has 2 aromatic rings. The number of hydrogen-bond acceptors (Lipinski definition) is 4. The fourth-order valence-corrected chi connectivity index (χ4v) is 4.54. The first-order chi connectivity index (χ1) is 14.7. The van der Waals surface area contributed by atoms with Crippen LogP contribution in [0, 0.1) is 21.0 Å². The Kier molecular flexibility index (Phi) is 8.14. The van der Waals surface area contributed by atoms with Crippen LogP contribution in [0.15, 0.2) is 30.3 Å². The molecule has 1 aliphatic rings. The predicted molar refractivity (Wildman–Crippen MR) is 126 cm³/mol. The molecule has 1 heterocycles. The Bertz CT molecular complexity index is 955. The molecule has 2 N–H and O–H groups in total. The number of rotatable bonds is 9. The molecule has 1 fully saturated rings. The maximum atomic E-state index is 14.5. The molecular weight excluding hydrogens is 540 g/mol. The van der Waals surface area contributed by atoms with Crippen molar-refractivity contribution in [2.75, 3.05) is 30.4 Å². The number of β-amino-alcohol motifs (C(OH)–C–C–N with tert-alkyl or cyclic N) is 1. The molecule has 1 amide bonds. The van der Waals surface area contributed by atoms with Crippen molar-refractivity contribution in [2.24, 2.45) is 0 Å². The summed E-state index contributed by atoms with van der Waals surface area (Å²) < 4.78 is 43.3. The van der Waals surface area contributed by atoms with E-state index in [0.717, 1.165) is 31.1 Å². The maximum absolute atomic E-state index is 14.5. The highest BCUT2D eigenvalue weighted by Gasteiger charge is 2.43. The highest BCUT2D eigenvalue weighted by molar-refractivity contribution is 14.1. The van der Waals surface area contributed by atoms with Gasteiger partial charge in [0.05, 0.1) is 35.6 Å². The van der Waals surface area contributed by atoms with Gasteiger partial charge in [0.15, 0.2) is 11.6 Å². The van der Waals surface area contributed by atoms with Crippen LogP contribution in [0.4, 0.5) is 24.5 Å². The van der Waals surface area contributed by atoms with Crippen LogP contribution in [0.5, 0.6) is 0 Å². The summed E-state index contributed by atoms with van der Waals surface area (Å²) in [4.78, 5) is 14.3. The molecule has 4 nitrogen and oxygen atoms in total. The summed E-state index contributed by atoms with van der Waals surface area (Å²) in [6.45, 7) is 0.259. The number of nitrogens with zero attached hydrogens (tertiary/aromatic N) is 1. The van der Waals surface area contributed by atoms with Gasteiger partial charge in [0.1, 0.15) is 5.82 Å². The molecule has 0 unspecified atom stereocenters. The topological polar surface area (TPSA) is 52.6 Å². The first-order valence-corrected chi connectivity index (χ1v) is 12.4. The van der Waals surface area contributed by atoms with Gasteiger partial charge in [0.2, 0.25) is 0 Å². The summed E-state index contributed by atoms with van der Waals surface area (Å²) in [6.07, 6.45) is 5.59. The molecule has 0 atom stereocenters. The number of unbranched alkanes of at least 4 members (excludes halogenated alkanes) is 2. The van der Waals surface area contributed by atoms with E-state index >= 15 is 0 Å². The summed E-state index contributed by atoms with van der Waals surface area (Å²) in [5.41, 5.74) is -1.55.